The second-order valence-corrected chi connectivity index (χ2v) is 10.8. The van der Waals surface area contributed by atoms with Gasteiger partial charge in [-0.15, -0.1) is 0 Å². The highest BCUT2D eigenvalue weighted by atomic mass is 32.2. The lowest BCUT2D eigenvalue weighted by Crippen LogP contribution is -2.59. The zero-order valence-electron chi connectivity index (χ0n) is 16.1. The van der Waals surface area contributed by atoms with E-state index in [1.165, 1.54) is 37.1 Å². The summed E-state index contributed by atoms with van der Waals surface area (Å²) in [6, 6.07) is 5.85. The summed E-state index contributed by atoms with van der Waals surface area (Å²) in [4.78, 5) is 1.67. The van der Waals surface area contributed by atoms with Gasteiger partial charge in [0.2, 0.25) is 0 Å². The molecule has 28 heavy (non-hydrogen) atoms. The summed E-state index contributed by atoms with van der Waals surface area (Å²) >= 11 is 0. The van der Waals surface area contributed by atoms with E-state index in [9.17, 15) is 17.2 Å². The van der Waals surface area contributed by atoms with Crippen molar-refractivity contribution in [3.8, 4) is 5.75 Å². The molecule has 0 aromatic heterocycles. The predicted molar refractivity (Wildman–Crippen MR) is 102 cm³/mol. The van der Waals surface area contributed by atoms with Crippen molar-refractivity contribution in [2.24, 2.45) is 5.92 Å². The fraction of sp³-hybridized carbons (Fsp3) is 0.700. The fourth-order valence-corrected chi connectivity index (χ4v) is 7.14. The standard InChI is InChI=1S/C20H28F2N2O3S/c1-14-7-10-24(11-8-14)16-12-15-6-9-20(13-16,23-15)28(25,26)18-4-2-17(3-5-18)27-19(21)22/h2-5,14-16,19,23H,6-13H2,1H3. The summed E-state index contributed by atoms with van der Waals surface area (Å²) in [5.74, 6) is 0.703. The van der Waals surface area contributed by atoms with E-state index in [4.69, 9.17) is 0 Å². The van der Waals surface area contributed by atoms with Crippen LogP contribution < -0.4 is 10.1 Å². The first-order chi connectivity index (χ1) is 13.3. The molecule has 1 N–H and O–H groups in total. The number of ether oxygens (including phenoxy) is 1. The first kappa shape index (κ1) is 20.0. The number of nitrogens with one attached hydrogen (secondary N) is 1. The number of halogens is 2. The van der Waals surface area contributed by atoms with Crippen molar-refractivity contribution in [1.82, 2.24) is 10.2 Å². The number of fused-ring (bicyclic) bond motifs is 2. The third kappa shape index (κ3) is 3.66. The van der Waals surface area contributed by atoms with Crippen LogP contribution in [-0.2, 0) is 9.84 Å². The monoisotopic (exact) mass is 414 g/mol. The van der Waals surface area contributed by atoms with Crippen molar-refractivity contribution in [3.63, 3.8) is 0 Å². The third-order valence-electron chi connectivity index (χ3n) is 6.69. The minimum atomic E-state index is -3.64. The molecule has 0 spiro atoms. The lowest BCUT2D eigenvalue weighted by molar-refractivity contribution is -0.0498. The first-order valence-electron chi connectivity index (χ1n) is 10.1. The minimum Gasteiger partial charge on any atom is -0.435 e. The average Bonchev–Trinajstić information content (AvgIpc) is 2.98. The Kier molecular flexibility index (Phi) is 5.39. The molecule has 2 bridgehead atoms. The number of rotatable bonds is 5. The number of nitrogens with zero attached hydrogens (tertiary/aromatic N) is 1. The molecule has 8 heteroatoms. The summed E-state index contributed by atoms with van der Waals surface area (Å²) in [6.45, 7) is 1.42. The maximum absolute atomic E-state index is 13.5. The van der Waals surface area contributed by atoms with Crippen LogP contribution in [-0.4, -0.2) is 50.0 Å². The molecule has 3 heterocycles. The molecular formula is C20H28F2N2O3S. The van der Waals surface area contributed by atoms with Gasteiger partial charge in [-0.25, -0.2) is 8.42 Å². The molecule has 3 aliphatic heterocycles. The predicted octanol–water partition coefficient (Wildman–Crippen LogP) is 3.40. The third-order valence-corrected chi connectivity index (χ3v) is 9.10. The second kappa shape index (κ2) is 7.54. The molecule has 0 saturated carbocycles. The Bertz CT molecular complexity index is 794. The quantitative estimate of drug-likeness (QED) is 0.800. The lowest BCUT2D eigenvalue weighted by atomic mass is 9.92. The molecule has 1 aromatic rings. The maximum Gasteiger partial charge on any atom is 0.387 e. The van der Waals surface area contributed by atoms with Crippen molar-refractivity contribution in [2.75, 3.05) is 13.1 Å². The molecule has 3 unspecified atom stereocenters. The highest BCUT2D eigenvalue weighted by Gasteiger charge is 2.55. The van der Waals surface area contributed by atoms with Gasteiger partial charge in [0.05, 0.1) is 4.90 Å². The van der Waals surface area contributed by atoms with Crippen LogP contribution in [0.3, 0.4) is 0 Å². The van der Waals surface area contributed by atoms with Gasteiger partial charge in [0.1, 0.15) is 10.6 Å². The van der Waals surface area contributed by atoms with Crippen LogP contribution in [0.5, 0.6) is 5.75 Å². The molecule has 1 aromatic carbocycles. The highest BCUT2D eigenvalue weighted by Crippen LogP contribution is 2.44. The molecule has 0 amide bonds. The van der Waals surface area contributed by atoms with Crippen molar-refractivity contribution >= 4 is 9.84 Å². The van der Waals surface area contributed by atoms with E-state index in [-0.39, 0.29) is 22.7 Å². The molecule has 4 rings (SSSR count). The van der Waals surface area contributed by atoms with Crippen LogP contribution in [0.25, 0.3) is 0 Å². The van der Waals surface area contributed by atoms with E-state index in [1.807, 2.05) is 0 Å². The molecule has 156 valence electrons. The number of alkyl halides is 2. The van der Waals surface area contributed by atoms with Crippen LogP contribution in [0.1, 0.15) is 45.4 Å². The number of hydrogen-bond acceptors (Lipinski definition) is 5. The molecular weight excluding hydrogens is 386 g/mol. The van der Waals surface area contributed by atoms with Crippen molar-refractivity contribution in [3.05, 3.63) is 24.3 Å². The van der Waals surface area contributed by atoms with Gasteiger partial charge >= 0.3 is 6.61 Å². The number of piperidine rings is 2. The van der Waals surface area contributed by atoms with E-state index in [1.54, 1.807) is 0 Å². The number of hydrogen-bond donors (Lipinski definition) is 1. The Balaban J connectivity index is 1.56. The zero-order chi connectivity index (χ0) is 19.9. The molecule has 3 fully saturated rings. The van der Waals surface area contributed by atoms with Gasteiger partial charge in [-0.05, 0) is 81.8 Å². The highest BCUT2D eigenvalue weighted by molar-refractivity contribution is 7.92. The van der Waals surface area contributed by atoms with Gasteiger partial charge in [-0.3, -0.25) is 5.32 Å². The van der Waals surface area contributed by atoms with Gasteiger partial charge in [0, 0.05) is 12.1 Å². The first-order valence-corrected chi connectivity index (χ1v) is 11.6. The normalized spacial score (nSPS) is 32.0. The van der Waals surface area contributed by atoms with Crippen LogP contribution in [0.15, 0.2) is 29.2 Å². The number of sulfone groups is 1. The van der Waals surface area contributed by atoms with E-state index in [0.29, 0.717) is 12.8 Å². The van der Waals surface area contributed by atoms with Gasteiger partial charge in [0.25, 0.3) is 0 Å². The average molecular weight is 415 g/mol. The summed E-state index contributed by atoms with van der Waals surface area (Å²) in [5.41, 5.74) is 0. The Morgan fingerprint density at radius 3 is 2.50 bits per heavy atom. The lowest BCUT2D eigenvalue weighted by Gasteiger charge is -2.45. The fourth-order valence-electron chi connectivity index (χ4n) is 5.07. The molecule has 5 nitrogen and oxygen atoms in total. The number of likely N-dealkylation sites (tertiary alicyclic amines) is 1. The summed E-state index contributed by atoms with van der Waals surface area (Å²) in [7, 11) is -3.64. The molecule has 0 radical (unpaired) electrons. The maximum atomic E-state index is 13.5. The number of benzene rings is 1. The second-order valence-electron chi connectivity index (χ2n) is 8.54. The Hall–Kier alpha value is -1.25. The summed E-state index contributed by atoms with van der Waals surface area (Å²) in [6.07, 6.45) is 5.35. The van der Waals surface area contributed by atoms with Gasteiger partial charge in [-0.1, -0.05) is 6.92 Å². The van der Waals surface area contributed by atoms with E-state index < -0.39 is 21.3 Å². The molecule has 0 aliphatic carbocycles. The molecule has 3 saturated heterocycles. The molecule has 3 aliphatic rings. The topological polar surface area (TPSA) is 58.6 Å². The Morgan fingerprint density at radius 1 is 1.18 bits per heavy atom. The minimum absolute atomic E-state index is 0.0346. The van der Waals surface area contributed by atoms with Crippen molar-refractivity contribution in [2.45, 2.75) is 73.9 Å². The van der Waals surface area contributed by atoms with E-state index in [0.717, 1.165) is 31.8 Å². The molecule has 3 atom stereocenters. The van der Waals surface area contributed by atoms with E-state index >= 15 is 0 Å². The van der Waals surface area contributed by atoms with Crippen LogP contribution in [0.4, 0.5) is 8.78 Å². The smallest absolute Gasteiger partial charge is 0.387 e. The zero-order valence-corrected chi connectivity index (χ0v) is 16.9. The summed E-state index contributed by atoms with van der Waals surface area (Å²) < 4.78 is 56.1. The van der Waals surface area contributed by atoms with Gasteiger partial charge < -0.3 is 9.64 Å². The van der Waals surface area contributed by atoms with Crippen molar-refractivity contribution in [1.29, 1.82) is 0 Å². The van der Waals surface area contributed by atoms with E-state index in [2.05, 4.69) is 21.9 Å². The Labute approximate surface area is 165 Å². The van der Waals surface area contributed by atoms with Crippen LogP contribution in [0, 0.1) is 5.92 Å². The van der Waals surface area contributed by atoms with Gasteiger partial charge in [0.15, 0.2) is 9.84 Å². The largest absolute Gasteiger partial charge is 0.435 e. The Morgan fingerprint density at radius 2 is 1.86 bits per heavy atom. The summed E-state index contributed by atoms with van der Waals surface area (Å²) in [5, 5.41) is 3.40. The van der Waals surface area contributed by atoms with Crippen LogP contribution >= 0.6 is 0 Å². The SMILES string of the molecule is CC1CCN(C2CC3CCC(S(=O)(=O)c4ccc(OC(F)F)cc4)(C2)N3)CC1. The van der Waals surface area contributed by atoms with Crippen LogP contribution in [0.2, 0.25) is 0 Å². The van der Waals surface area contributed by atoms with Crippen molar-refractivity contribution < 1.29 is 21.9 Å². The van der Waals surface area contributed by atoms with Gasteiger partial charge in [-0.2, -0.15) is 8.78 Å².